The third-order valence-electron chi connectivity index (χ3n) is 10.8. The van der Waals surface area contributed by atoms with Gasteiger partial charge < -0.3 is 9.47 Å². The zero-order valence-corrected chi connectivity index (χ0v) is 22.0. The van der Waals surface area contributed by atoms with Crippen LogP contribution in [0.3, 0.4) is 0 Å². The number of methoxy groups -OCH3 is 1. The molecule has 5 heteroatoms. The highest BCUT2D eigenvalue weighted by Gasteiger charge is 2.64. The second-order valence-corrected chi connectivity index (χ2v) is 12.2. The second kappa shape index (κ2) is 9.43. The molecular weight excluding hydrogens is 428 g/mol. The number of ether oxygens (including phenoxy) is 2. The maximum Gasteiger partial charge on any atom is 0.305 e. The molecule has 0 heterocycles. The van der Waals surface area contributed by atoms with Gasteiger partial charge in [0.05, 0.1) is 7.11 Å². The summed E-state index contributed by atoms with van der Waals surface area (Å²) in [6.07, 6.45) is 10.6. The normalized spacial score (nSPS) is 43.5. The monoisotopic (exact) mass is 472 g/mol. The number of carbonyl (C=O) groups is 3. The highest BCUT2D eigenvalue weighted by molar-refractivity contribution is 5.99. The fraction of sp³-hybridized carbons (Fsp3) is 0.828. The van der Waals surface area contributed by atoms with Crippen molar-refractivity contribution in [3.05, 3.63) is 11.6 Å². The van der Waals surface area contributed by atoms with Crippen LogP contribution in [0.1, 0.15) is 92.4 Å². The van der Waals surface area contributed by atoms with Gasteiger partial charge >= 0.3 is 11.9 Å². The highest BCUT2D eigenvalue weighted by atomic mass is 16.5. The maximum absolute atomic E-state index is 14.1. The van der Waals surface area contributed by atoms with Crippen LogP contribution in [-0.4, -0.2) is 30.9 Å². The molecule has 34 heavy (non-hydrogen) atoms. The molecule has 9 atom stereocenters. The Morgan fingerprint density at radius 3 is 2.41 bits per heavy atom. The number of carbonyl (C=O) groups excluding carboxylic acids is 3. The van der Waals surface area contributed by atoms with E-state index in [0.29, 0.717) is 35.9 Å². The van der Waals surface area contributed by atoms with E-state index in [0.717, 1.165) is 50.5 Å². The average Bonchev–Trinajstić information content (AvgIpc) is 3.15. The predicted octanol–water partition coefficient (Wildman–Crippen LogP) is 5.90. The van der Waals surface area contributed by atoms with Crippen LogP contribution in [0.5, 0.6) is 0 Å². The van der Waals surface area contributed by atoms with Gasteiger partial charge in [-0.25, -0.2) is 0 Å². The number of esters is 2. The van der Waals surface area contributed by atoms with E-state index in [1.807, 2.05) is 6.92 Å². The molecule has 0 N–H and O–H groups in total. The summed E-state index contributed by atoms with van der Waals surface area (Å²) in [5, 5.41) is 0. The summed E-state index contributed by atoms with van der Waals surface area (Å²) in [5.74, 6) is 2.15. The van der Waals surface area contributed by atoms with Gasteiger partial charge in [0.1, 0.15) is 6.10 Å². The first-order valence-corrected chi connectivity index (χ1v) is 13.5. The van der Waals surface area contributed by atoms with Crippen molar-refractivity contribution in [1.29, 1.82) is 0 Å². The van der Waals surface area contributed by atoms with E-state index < -0.39 is 0 Å². The number of allylic oxidation sites excluding steroid dienone is 2. The van der Waals surface area contributed by atoms with Crippen molar-refractivity contribution in [1.82, 2.24) is 0 Å². The number of hydrogen-bond acceptors (Lipinski definition) is 5. The molecule has 0 unspecified atom stereocenters. The fourth-order valence-electron chi connectivity index (χ4n) is 9.14. The van der Waals surface area contributed by atoms with Gasteiger partial charge in [-0.2, -0.15) is 0 Å². The molecule has 190 valence electrons. The van der Waals surface area contributed by atoms with Crippen molar-refractivity contribution in [3.8, 4) is 0 Å². The molecule has 4 fully saturated rings. The molecule has 4 aliphatic carbocycles. The molecule has 0 aromatic heterocycles. The van der Waals surface area contributed by atoms with Crippen LogP contribution < -0.4 is 0 Å². The molecular formula is C29H44O5. The Hall–Kier alpha value is -1.65. The molecule has 0 radical (unpaired) electrons. The summed E-state index contributed by atoms with van der Waals surface area (Å²) in [7, 11) is 1.46. The third-order valence-corrected chi connectivity index (χ3v) is 10.8. The molecule has 0 bridgehead atoms. The smallest absolute Gasteiger partial charge is 0.305 e. The summed E-state index contributed by atoms with van der Waals surface area (Å²) in [6, 6.07) is 0. The van der Waals surface area contributed by atoms with E-state index in [4.69, 9.17) is 9.47 Å². The number of Topliss-reactive ketones (excluding diaryl/α,β-unsaturated/α-hetero) is 1. The molecule has 4 rings (SSSR count). The van der Waals surface area contributed by atoms with E-state index in [1.54, 1.807) is 0 Å². The number of hydrogen-bond donors (Lipinski definition) is 0. The summed E-state index contributed by atoms with van der Waals surface area (Å²) in [4.78, 5) is 37.5. The van der Waals surface area contributed by atoms with Crippen LogP contribution in [-0.2, 0) is 23.9 Å². The largest absolute Gasteiger partial charge is 0.469 e. The lowest BCUT2D eigenvalue weighted by atomic mass is 9.43. The first-order chi connectivity index (χ1) is 16.1. The second-order valence-electron chi connectivity index (χ2n) is 12.2. The summed E-state index contributed by atoms with van der Waals surface area (Å²) in [6.45, 7) is 10.6. The molecule has 0 aromatic rings. The zero-order chi connectivity index (χ0) is 24.8. The number of fused-ring (bicyclic) bond motifs is 5. The SMILES string of the molecule is CC=C1C(=O)[C@@H]2[C@H](CC[C@]3(C)[C@@H]([C@H](C)CCC(=O)OC)CC[C@@H]23)[C@@]2(C)CC[C@@H](OC(C)=O)C[C@@H]12. The van der Waals surface area contributed by atoms with Gasteiger partial charge in [-0.3, -0.25) is 14.4 Å². The molecule has 0 saturated heterocycles. The lowest BCUT2D eigenvalue weighted by Gasteiger charge is -2.61. The molecule has 5 nitrogen and oxygen atoms in total. The molecule has 0 amide bonds. The van der Waals surface area contributed by atoms with Gasteiger partial charge in [0, 0.05) is 19.3 Å². The van der Waals surface area contributed by atoms with Crippen molar-refractivity contribution in [2.45, 2.75) is 98.5 Å². The average molecular weight is 473 g/mol. The van der Waals surface area contributed by atoms with Crippen LogP contribution >= 0.6 is 0 Å². The van der Waals surface area contributed by atoms with Gasteiger partial charge in [-0.15, -0.1) is 0 Å². The predicted molar refractivity (Wildman–Crippen MR) is 131 cm³/mol. The Morgan fingerprint density at radius 1 is 1.09 bits per heavy atom. The minimum absolute atomic E-state index is 0.0738. The summed E-state index contributed by atoms with van der Waals surface area (Å²) >= 11 is 0. The molecule has 4 saturated carbocycles. The van der Waals surface area contributed by atoms with Gasteiger partial charge in [0.25, 0.3) is 0 Å². The summed E-state index contributed by atoms with van der Waals surface area (Å²) in [5.41, 5.74) is 1.24. The number of rotatable bonds is 5. The lowest BCUT2D eigenvalue weighted by Crippen LogP contribution is -2.58. The van der Waals surface area contributed by atoms with Crippen molar-refractivity contribution in [3.63, 3.8) is 0 Å². The Balaban J connectivity index is 1.59. The molecule has 0 spiro atoms. The maximum atomic E-state index is 14.1. The van der Waals surface area contributed by atoms with E-state index in [1.165, 1.54) is 20.5 Å². The Bertz CT molecular complexity index is 861. The zero-order valence-electron chi connectivity index (χ0n) is 22.0. The Labute approximate surface area is 205 Å². The quantitative estimate of drug-likeness (QED) is 0.368. The third kappa shape index (κ3) is 4.05. The molecule has 0 aliphatic heterocycles. The van der Waals surface area contributed by atoms with Crippen LogP contribution in [0.15, 0.2) is 11.6 Å². The summed E-state index contributed by atoms with van der Waals surface area (Å²) < 4.78 is 10.5. The first-order valence-electron chi connectivity index (χ1n) is 13.5. The highest BCUT2D eigenvalue weighted by Crippen LogP contribution is 2.68. The van der Waals surface area contributed by atoms with Crippen molar-refractivity contribution in [2.24, 2.45) is 46.3 Å². The van der Waals surface area contributed by atoms with Crippen LogP contribution in [0.4, 0.5) is 0 Å². The van der Waals surface area contributed by atoms with Gasteiger partial charge in [-0.05, 0) is 104 Å². The van der Waals surface area contributed by atoms with E-state index >= 15 is 0 Å². The Kier molecular flexibility index (Phi) is 7.05. The minimum atomic E-state index is -0.220. The van der Waals surface area contributed by atoms with Crippen LogP contribution in [0.2, 0.25) is 0 Å². The van der Waals surface area contributed by atoms with Gasteiger partial charge in [0.15, 0.2) is 5.78 Å². The molecule has 4 aliphatic rings. The van der Waals surface area contributed by atoms with Crippen molar-refractivity contribution >= 4 is 17.7 Å². The van der Waals surface area contributed by atoms with E-state index in [2.05, 4.69) is 26.8 Å². The number of ketones is 1. The minimum Gasteiger partial charge on any atom is -0.469 e. The first kappa shape index (κ1) is 25.4. The van der Waals surface area contributed by atoms with Crippen LogP contribution in [0, 0.1) is 46.3 Å². The van der Waals surface area contributed by atoms with Gasteiger partial charge in [0.2, 0.25) is 0 Å². The van der Waals surface area contributed by atoms with Crippen molar-refractivity contribution < 1.29 is 23.9 Å². The van der Waals surface area contributed by atoms with E-state index in [9.17, 15) is 14.4 Å². The van der Waals surface area contributed by atoms with Crippen LogP contribution in [0.25, 0.3) is 0 Å². The van der Waals surface area contributed by atoms with Gasteiger partial charge in [-0.1, -0.05) is 26.8 Å². The topological polar surface area (TPSA) is 69.7 Å². The Morgan fingerprint density at radius 2 is 1.76 bits per heavy atom. The molecule has 0 aromatic carbocycles. The standard InChI is InChI=1S/C29H44O5/c1-7-20-24-16-19(34-18(3)30)12-14-29(24,5)23-13-15-28(4)21(17(2)8-11-25(31)33-6)9-10-22(28)26(23)27(20)32/h7,17,19,21-24,26H,8-16H2,1-6H3/t17-,19-,21-,22+,23+,24+,26+,28-,29-/m1/s1. The van der Waals surface area contributed by atoms with Crippen molar-refractivity contribution in [2.75, 3.05) is 7.11 Å². The fourth-order valence-corrected chi connectivity index (χ4v) is 9.14. The lowest BCUT2D eigenvalue weighted by molar-refractivity contribution is -0.160. The van der Waals surface area contributed by atoms with E-state index in [-0.39, 0.29) is 40.7 Å².